The lowest BCUT2D eigenvalue weighted by Gasteiger charge is -1.93. The van der Waals surface area contributed by atoms with Crippen molar-refractivity contribution >= 4 is 27.8 Å². The van der Waals surface area contributed by atoms with Crippen molar-refractivity contribution in [3.63, 3.8) is 0 Å². The van der Waals surface area contributed by atoms with Gasteiger partial charge < -0.3 is 10.3 Å². The van der Waals surface area contributed by atoms with Crippen LogP contribution < -0.4 is 5.73 Å². The molecule has 3 N–H and O–H groups in total. The Kier molecular flexibility index (Phi) is 1.71. The quantitative estimate of drug-likeness (QED) is 0.654. The van der Waals surface area contributed by atoms with E-state index in [9.17, 15) is 0 Å². The van der Waals surface area contributed by atoms with Crippen molar-refractivity contribution < 1.29 is 4.52 Å². The number of anilines is 1. The Morgan fingerprint density at radius 3 is 2.62 bits per heavy atom. The van der Waals surface area contributed by atoms with Crippen LogP contribution in [0.1, 0.15) is 25.6 Å². The number of nitrogen functional groups attached to an aromatic ring is 1. The summed E-state index contributed by atoms with van der Waals surface area (Å²) in [5.41, 5.74) is 8.15. The Hall–Kier alpha value is -2.04. The van der Waals surface area contributed by atoms with Crippen LogP contribution in [0.15, 0.2) is 16.7 Å². The molecule has 2 aromatic heterocycles. The van der Waals surface area contributed by atoms with Crippen molar-refractivity contribution in [3.05, 3.63) is 18.0 Å². The van der Waals surface area contributed by atoms with E-state index in [4.69, 9.17) is 10.3 Å². The first kappa shape index (κ1) is 9.21. The first-order valence-electron chi connectivity index (χ1n) is 5.19. The second kappa shape index (κ2) is 2.98. The van der Waals surface area contributed by atoms with Crippen molar-refractivity contribution in [2.24, 2.45) is 0 Å². The van der Waals surface area contributed by atoms with Crippen molar-refractivity contribution in [3.8, 4) is 0 Å². The van der Waals surface area contributed by atoms with E-state index in [1.165, 1.54) is 0 Å². The van der Waals surface area contributed by atoms with E-state index in [1.54, 1.807) is 0 Å². The SMILES string of the molecule is CC(C)c1nc2cc3o[nH]c(N)c3cc2n1. The molecule has 0 spiro atoms. The highest BCUT2D eigenvalue weighted by Gasteiger charge is 2.11. The summed E-state index contributed by atoms with van der Waals surface area (Å²) < 4.78 is 5.21. The minimum absolute atomic E-state index is 0.322. The number of hydrogen-bond acceptors (Lipinski definition) is 4. The Labute approximate surface area is 91.6 Å². The van der Waals surface area contributed by atoms with Gasteiger partial charge in [0.15, 0.2) is 5.58 Å². The van der Waals surface area contributed by atoms with Gasteiger partial charge in [-0.3, -0.25) is 0 Å². The van der Waals surface area contributed by atoms with Gasteiger partial charge in [0.1, 0.15) is 11.6 Å². The second-order valence-electron chi connectivity index (χ2n) is 4.19. The lowest BCUT2D eigenvalue weighted by molar-refractivity contribution is 0.460. The number of aromatic amines is 1. The molecular weight excluding hydrogens is 204 g/mol. The smallest absolute Gasteiger partial charge is 0.168 e. The topological polar surface area (TPSA) is 80.7 Å². The maximum atomic E-state index is 5.74. The number of nitrogens with one attached hydrogen (secondary N) is 1. The highest BCUT2D eigenvalue weighted by atomic mass is 16.5. The van der Waals surface area contributed by atoms with Crippen LogP contribution in [-0.4, -0.2) is 15.1 Å². The van der Waals surface area contributed by atoms with Gasteiger partial charge in [-0.1, -0.05) is 13.8 Å². The molecule has 5 heteroatoms. The molecule has 3 aromatic rings. The van der Waals surface area contributed by atoms with Crippen LogP contribution in [0.2, 0.25) is 0 Å². The largest absolute Gasteiger partial charge is 0.382 e. The summed E-state index contributed by atoms with van der Waals surface area (Å²) in [6.07, 6.45) is 0. The van der Waals surface area contributed by atoms with Crippen molar-refractivity contribution in [2.75, 3.05) is 5.73 Å². The number of nitrogens with zero attached hydrogens (tertiary/aromatic N) is 2. The fourth-order valence-corrected chi connectivity index (χ4v) is 1.73. The molecule has 0 aliphatic carbocycles. The van der Waals surface area contributed by atoms with Crippen LogP contribution >= 0.6 is 0 Å². The average molecular weight is 216 g/mol. The summed E-state index contributed by atoms with van der Waals surface area (Å²) in [5, 5.41) is 3.48. The normalized spacial score (nSPS) is 11.9. The molecule has 1 aromatic carbocycles. The van der Waals surface area contributed by atoms with E-state index in [2.05, 4.69) is 29.0 Å². The van der Waals surface area contributed by atoms with Gasteiger partial charge in [0.25, 0.3) is 0 Å². The zero-order chi connectivity index (χ0) is 11.3. The van der Waals surface area contributed by atoms with Crippen LogP contribution in [0.25, 0.3) is 22.0 Å². The fourth-order valence-electron chi connectivity index (χ4n) is 1.73. The predicted molar refractivity (Wildman–Crippen MR) is 62.2 cm³/mol. The Morgan fingerprint density at radius 2 is 1.94 bits per heavy atom. The van der Waals surface area contributed by atoms with Crippen LogP contribution in [-0.2, 0) is 0 Å². The van der Waals surface area contributed by atoms with Gasteiger partial charge in [0.2, 0.25) is 0 Å². The Balaban J connectivity index is 2.34. The maximum Gasteiger partial charge on any atom is 0.168 e. The molecule has 5 nitrogen and oxygen atoms in total. The molecule has 0 amide bonds. The highest BCUT2D eigenvalue weighted by molar-refractivity contribution is 5.97. The predicted octanol–water partition coefficient (Wildman–Crippen LogP) is 2.41. The van der Waals surface area contributed by atoms with E-state index in [0.29, 0.717) is 17.3 Å². The lowest BCUT2D eigenvalue weighted by atomic mass is 10.2. The molecule has 0 fully saturated rings. The fraction of sp³-hybridized carbons (Fsp3) is 0.273. The first-order chi connectivity index (χ1) is 7.65. The summed E-state index contributed by atoms with van der Waals surface area (Å²) in [7, 11) is 0. The third kappa shape index (κ3) is 1.18. The zero-order valence-electron chi connectivity index (χ0n) is 9.11. The molecule has 0 radical (unpaired) electrons. The van der Waals surface area contributed by atoms with Gasteiger partial charge in [-0.2, -0.15) is 0 Å². The third-order valence-corrected chi connectivity index (χ3v) is 2.62. The molecule has 0 unspecified atom stereocenters. The first-order valence-corrected chi connectivity index (χ1v) is 5.19. The summed E-state index contributed by atoms with van der Waals surface area (Å²) in [6.45, 7) is 4.14. The molecule has 0 aliphatic heterocycles. The Bertz CT molecular complexity index is 665. The monoisotopic (exact) mass is 216 g/mol. The van der Waals surface area contributed by atoms with E-state index >= 15 is 0 Å². The molecular formula is C11H12N4O. The summed E-state index contributed by atoms with van der Waals surface area (Å²) in [4.78, 5) is 8.91. The minimum atomic E-state index is 0.322. The molecule has 0 aliphatic rings. The minimum Gasteiger partial charge on any atom is -0.382 e. The summed E-state index contributed by atoms with van der Waals surface area (Å²) in [6, 6.07) is 3.76. The maximum absolute atomic E-state index is 5.74. The number of benzene rings is 1. The molecule has 82 valence electrons. The number of nitrogens with two attached hydrogens (primary N) is 1. The number of imidazole rings is 1. The highest BCUT2D eigenvalue weighted by Crippen LogP contribution is 2.26. The molecule has 2 heterocycles. The van der Waals surface area contributed by atoms with E-state index < -0.39 is 0 Å². The molecule has 0 saturated heterocycles. The van der Waals surface area contributed by atoms with Gasteiger partial charge in [-0.15, -0.1) is 0 Å². The molecule has 0 bridgehead atoms. The zero-order valence-corrected chi connectivity index (χ0v) is 9.11. The summed E-state index contributed by atoms with van der Waals surface area (Å²) in [5.74, 6) is 1.69. The van der Waals surface area contributed by atoms with Gasteiger partial charge in [0, 0.05) is 12.0 Å². The summed E-state index contributed by atoms with van der Waals surface area (Å²) >= 11 is 0. The van der Waals surface area contributed by atoms with Crippen LogP contribution in [0, 0.1) is 0 Å². The van der Waals surface area contributed by atoms with Crippen molar-refractivity contribution in [2.45, 2.75) is 19.8 Å². The Morgan fingerprint density at radius 1 is 1.25 bits per heavy atom. The van der Waals surface area contributed by atoms with Gasteiger partial charge in [-0.25, -0.2) is 15.1 Å². The third-order valence-electron chi connectivity index (χ3n) is 2.62. The van der Waals surface area contributed by atoms with Crippen molar-refractivity contribution in [1.82, 2.24) is 15.1 Å². The number of rotatable bonds is 1. The van der Waals surface area contributed by atoms with Gasteiger partial charge in [0.05, 0.1) is 16.4 Å². The van der Waals surface area contributed by atoms with Crippen LogP contribution in [0.5, 0.6) is 0 Å². The number of fused-ring (bicyclic) bond motifs is 2. The standard InChI is InChI=1S/C11H12N4O/c1-5(2)11-13-7-3-6-9(4-8(7)14-11)16-15-10(6)12/h3-5,15H,12H2,1-2H3. The number of H-pyrrole nitrogens is 1. The number of aromatic nitrogens is 3. The van der Waals surface area contributed by atoms with E-state index in [0.717, 1.165) is 22.2 Å². The van der Waals surface area contributed by atoms with Gasteiger partial charge in [-0.05, 0) is 6.07 Å². The van der Waals surface area contributed by atoms with Crippen LogP contribution in [0.3, 0.4) is 0 Å². The molecule has 3 rings (SSSR count). The molecule has 0 saturated carbocycles. The van der Waals surface area contributed by atoms with Gasteiger partial charge >= 0.3 is 0 Å². The average Bonchev–Trinajstić information content (AvgIpc) is 2.80. The van der Waals surface area contributed by atoms with E-state index in [1.807, 2.05) is 12.1 Å². The van der Waals surface area contributed by atoms with E-state index in [-0.39, 0.29) is 0 Å². The van der Waals surface area contributed by atoms with Crippen molar-refractivity contribution in [1.29, 1.82) is 0 Å². The molecule has 16 heavy (non-hydrogen) atoms. The lowest BCUT2D eigenvalue weighted by Crippen LogP contribution is -1.88. The molecule has 0 atom stereocenters. The van der Waals surface area contributed by atoms with Crippen LogP contribution in [0.4, 0.5) is 5.82 Å². The second-order valence-corrected chi connectivity index (χ2v) is 4.19. The number of hydrogen-bond donors (Lipinski definition) is 2.